The van der Waals surface area contributed by atoms with Gasteiger partial charge in [0.05, 0.1) is 0 Å². The fourth-order valence-electron chi connectivity index (χ4n) is 2.29. The lowest BCUT2D eigenvalue weighted by atomic mass is 9.79. The van der Waals surface area contributed by atoms with Crippen molar-refractivity contribution in [2.75, 3.05) is 6.54 Å². The molecule has 2 heteroatoms. The summed E-state index contributed by atoms with van der Waals surface area (Å²) in [6.45, 7) is 9.85. The maximum atomic E-state index is 11.8. The lowest BCUT2D eigenvalue weighted by Gasteiger charge is -2.26. The lowest BCUT2D eigenvalue weighted by molar-refractivity contribution is -0.119. The maximum absolute atomic E-state index is 11.8. The van der Waals surface area contributed by atoms with Gasteiger partial charge in [0.25, 0.3) is 0 Å². The molecule has 0 bridgehead atoms. The van der Waals surface area contributed by atoms with E-state index >= 15 is 0 Å². The van der Waals surface area contributed by atoms with Crippen LogP contribution >= 0.6 is 0 Å². The van der Waals surface area contributed by atoms with Crippen LogP contribution in [0.5, 0.6) is 0 Å². The van der Waals surface area contributed by atoms with Gasteiger partial charge in [-0.2, -0.15) is 0 Å². The summed E-state index contributed by atoms with van der Waals surface area (Å²) in [6, 6.07) is 0. The van der Waals surface area contributed by atoms with Crippen LogP contribution in [-0.2, 0) is 4.79 Å². The molecule has 0 saturated heterocycles. The molecule has 0 aromatic rings. The highest BCUT2D eigenvalue weighted by atomic mass is 16.1. The number of nitrogens with two attached hydrogens (primary N) is 1. The molecule has 0 aliphatic heterocycles. The maximum Gasteiger partial charge on any atom is 0.132 e. The highest BCUT2D eigenvalue weighted by Gasteiger charge is 2.20. The first-order valence-electron chi connectivity index (χ1n) is 8.59. The van der Waals surface area contributed by atoms with Gasteiger partial charge in [-0.1, -0.05) is 59.8 Å². The van der Waals surface area contributed by atoms with Crippen molar-refractivity contribution in [2.24, 2.45) is 17.1 Å². The van der Waals surface area contributed by atoms with Crippen molar-refractivity contribution < 1.29 is 4.79 Å². The normalized spacial score (nSPS) is 13.4. The van der Waals surface area contributed by atoms with E-state index in [1.54, 1.807) is 0 Å². The van der Waals surface area contributed by atoms with E-state index < -0.39 is 0 Å². The Kier molecular flexibility index (Phi) is 11.1. The van der Waals surface area contributed by atoms with E-state index in [4.69, 9.17) is 5.73 Å². The van der Waals surface area contributed by atoms with Crippen LogP contribution in [0.4, 0.5) is 0 Å². The van der Waals surface area contributed by atoms with Crippen molar-refractivity contribution in [2.45, 2.75) is 91.9 Å². The zero-order valence-electron chi connectivity index (χ0n) is 14.3. The number of hydrogen-bond donors (Lipinski definition) is 1. The Bertz CT molecular complexity index is 242. The quantitative estimate of drug-likeness (QED) is 0.506. The second kappa shape index (κ2) is 11.3. The van der Waals surface area contributed by atoms with E-state index in [1.807, 2.05) is 0 Å². The second-order valence-corrected chi connectivity index (χ2v) is 7.36. The molecular formula is C18H37NO. The molecule has 0 rings (SSSR count). The smallest absolute Gasteiger partial charge is 0.132 e. The fourth-order valence-corrected chi connectivity index (χ4v) is 2.29. The van der Waals surface area contributed by atoms with Crippen molar-refractivity contribution in [3.63, 3.8) is 0 Å². The van der Waals surface area contributed by atoms with Crippen molar-refractivity contribution >= 4 is 5.78 Å². The van der Waals surface area contributed by atoms with Gasteiger partial charge in [0.2, 0.25) is 0 Å². The summed E-state index contributed by atoms with van der Waals surface area (Å²) in [6.07, 6.45) is 11.2. The molecule has 0 radical (unpaired) electrons. The molecule has 0 spiro atoms. The summed E-state index contributed by atoms with van der Waals surface area (Å²) in [5.41, 5.74) is 5.79. The first-order valence-corrected chi connectivity index (χ1v) is 8.59. The van der Waals surface area contributed by atoms with Gasteiger partial charge in [0.1, 0.15) is 5.78 Å². The van der Waals surface area contributed by atoms with Crippen LogP contribution in [0.3, 0.4) is 0 Å². The molecule has 1 atom stereocenters. The summed E-state index contributed by atoms with van der Waals surface area (Å²) in [7, 11) is 0. The standard InChI is InChI=1S/C18H37NO/c1-16(18(2,3)4)13-14-17(20)12-10-8-6-5-7-9-11-15-19/h16H,5-15,19H2,1-4H3/t16-/m0/s1. The minimum absolute atomic E-state index is 0.323. The second-order valence-electron chi connectivity index (χ2n) is 7.36. The molecule has 2 N–H and O–H groups in total. The molecule has 0 aliphatic rings. The zero-order chi connectivity index (χ0) is 15.4. The number of ketones is 1. The Morgan fingerprint density at radius 1 is 0.900 bits per heavy atom. The van der Waals surface area contributed by atoms with Crippen molar-refractivity contribution in [3.8, 4) is 0 Å². The minimum Gasteiger partial charge on any atom is -0.330 e. The summed E-state index contributed by atoms with van der Waals surface area (Å²) in [4.78, 5) is 11.8. The van der Waals surface area contributed by atoms with E-state index in [1.165, 1.54) is 32.1 Å². The lowest BCUT2D eigenvalue weighted by Crippen LogP contribution is -2.18. The summed E-state index contributed by atoms with van der Waals surface area (Å²) in [5, 5.41) is 0. The molecule has 0 heterocycles. The molecule has 0 amide bonds. The molecule has 2 nitrogen and oxygen atoms in total. The van der Waals surface area contributed by atoms with Gasteiger partial charge in [-0.3, -0.25) is 4.79 Å². The third-order valence-corrected chi connectivity index (χ3v) is 4.49. The van der Waals surface area contributed by atoms with Gasteiger partial charge < -0.3 is 5.73 Å². The number of carbonyl (C=O) groups excluding carboxylic acids is 1. The van der Waals surface area contributed by atoms with Gasteiger partial charge in [-0.05, 0) is 37.1 Å². The predicted octanol–water partition coefficient (Wildman–Crippen LogP) is 5.10. The van der Waals surface area contributed by atoms with Crippen molar-refractivity contribution in [1.29, 1.82) is 0 Å². The summed E-state index contributed by atoms with van der Waals surface area (Å²) < 4.78 is 0. The van der Waals surface area contributed by atoms with Gasteiger partial charge >= 0.3 is 0 Å². The van der Waals surface area contributed by atoms with Crippen LogP contribution in [0, 0.1) is 11.3 Å². The summed E-state index contributed by atoms with van der Waals surface area (Å²) >= 11 is 0. The van der Waals surface area contributed by atoms with Crippen LogP contribution in [0.2, 0.25) is 0 Å². The van der Waals surface area contributed by atoms with E-state index in [0.717, 1.165) is 38.6 Å². The molecule has 20 heavy (non-hydrogen) atoms. The van der Waals surface area contributed by atoms with Crippen LogP contribution in [0.1, 0.15) is 91.9 Å². The van der Waals surface area contributed by atoms with Gasteiger partial charge in [0.15, 0.2) is 0 Å². The SMILES string of the molecule is C[C@@H](CCC(=O)CCCCCCCCCN)C(C)(C)C. The highest BCUT2D eigenvalue weighted by molar-refractivity contribution is 5.78. The van der Waals surface area contributed by atoms with E-state index in [-0.39, 0.29) is 0 Å². The predicted molar refractivity (Wildman–Crippen MR) is 88.9 cm³/mol. The molecule has 120 valence electrons. The highest BCUT2D eigenvalue weighted by Crippen LogP contribution is 2.29. The van der Waals surface area contributed by atoms with Gasteiger partial charge in [0, 0.05) is 12.8 Å². The topological polar surface area (TPSA) is 43.1 Å². The van der Waals surface area contributed by atoms with Gasteiger partial charge in [-0.25, -0.2) is 0 Å². The molecule has 0 aromatic carbocycles. The minimum atomic E-state index is 0.323. The van der Waals surface area contributed by atoms with E-state index in [2.05, 4.69) is 27.7 Å². The average molecular weight is 283 g/mol. The molecule has 0 aliphatic carbocycles. The monoisotopic (exact) mass is 283 g/mol. The third-order valence-electron chi connectivity index (χ3n) is 4.49. The fraction of sp³-hybridized carbons (Fsp3) is 0.944. The number of hydrogen-bond acceptors (Lipinski definition) is 2. The Hall–Kier alpha value is -0.370. The largest absolute Gasteiger partial charge is 0.330 e. The summed E-state index contributed by atoms with van der Waals surface area (Å²) in [5.74, 6) is 1.08. The molecular weight excluding hydrogens is 246 g/mol. The van der Waals surface area contributed by atoms with Crippen molar-refractivity contribution in [3.05, 3.63) is 0 Å². The van der Waals surface area contributed by atoms with Gasteiger partial charge in [-0.15, -0.1) is 0 Å². The Balaban J connectivity index is 3.41. The van der Waals surface area contributed by atoms with E-state index in [9.17, 15) is 4.79 Å². The third kappa shape index (κ3) is 11.5. The molecule has 0 fully saturated rings. The zero-order valence-corrected chi connectivity index (χ0v) is 14.3. The van der Waals surface area contributed by atoms with Crippen molar-refractivity contribution in [1.82, 2.24) is 0 Å². The Labute approximate surface area is 126 Å². The molecule has 0 unspecified atom stereocenters. The Morgan fingerprint density at radius 3 is 1.90 bits per heavy atom. The Morgan fingerprint density at radius 2 is 1.40 bits per heavy atom. The first-order chi connectivity index (χ1) is 9.38. The number of carbonyl (C=O) groups is 1. The van der Waals surface area contributed by atoms with Crippen LogP contribution in [0.15, 0.2) is 0 Å². The van der Waals surface area contributed by atoms with E-state index in [0.29, 0.717) is 17.1 Å². The average Bonchev–Trinajstić information content (AvgIpc) is 2.37. The molecule has 0 aromatic heterocycles. The number of rotatable bonds is 12. The first kappa shape index (κ1) is 19.6. The molecule has 0 saturated carbocycles. The number of unbranched alkanes of at least 4 members (excludes halogenated alkanes) is 6. The van der Waals surface area contributed by atoms with Crippen LogP contribution in [-0.4, -0.2) is 12.3 Å². The van der Waals surface area contributed by atoms with Crippen LogP contribution in [0.25, 0.3) is 0 Å². The number of Topliss-reactive ketones (excluding diaryl/α,β-unsaturated/α-hetero) is 1. The van der Waals surface area contributed by atoms with Crippen LogP contribution < -0.4 is 5.73 Å².